The molecule has 0 saturated carbocycles. The van der Waals surface area contributed by atoms with E-state index >= 15 is 0 Å². The molecule has 134 valence electrons. The van der Waals surface area contributed by atoms with Gasteiger partial charge in [-0.1, -0.05) is 6.07 Å². The smallest absolute Gasteiger partial charge is 0.128 e. The number of aliphatic hydroxyl groups excluding tert-OH is 1. The van der Waals surface area contributed by atoms with Gasteiger partial charge in [0, 0.05) is 50.0 Å². The summed E-state index contributed by atoms with van der Waals surface area (Å²) in [6.07, 6.45) is 11.6. The van der Waals surface area contributed by atoms with E-state index in [0.717, 1.165) is 49.7 Å². The standard InChI is InChI=1S/C20H23N5O/c26-15-16-5-7-22-19(11-16)24-9-2-4-18(14-24)20-23-8-10-25(20)13-17-3-1-6-21-12-17/h1,3,5-8,10-12,18,26H,2,4,9,13-15H2/t18-/m1/s1. The van der Waals surface area contributed by atoms with Crippen molar-refractivity contribution in [3.05, 3.63) is 72.2 Å². The van der Waals surface area contributed by atoms with Crippen LogP contribution in [0.15, 0.2) is 55.2 Å². The topological polar surface area (TPSA) is 67.1 Å². The number of anilines is 1. The molecule has 0 aromatic carbocycles. The summed E-state index contributed by atoms with van der Waals surface area (Å²) >= 11 is 0. The summed E-state index contributed by atoms with van der Waals surface area (Å²) in [4.78, 5) is 15.7. The molecule has 4 rings (SSSR count). The summed E-state index contributed by atoms with van der Waals surface area (Å²) < 4.78 is 2.22. The molecule has 6 heteroatoms. The Morgan fingerprint density at radius 1 is 1.12 bits per heavy atom. The van der Waals surface area contributed by atoms with Crippen LogP contribution >= 0.6 is 0 Å². The molecular formula is C20H23N5O. The van der Waals surface area contributed by atoms with Gasteiger partial charge in [0.1, 0.15) is 11.6 Å². The molecule has 6 nitrogen and oxygen atoms in total. The average Bonchev–Trinajstić information content (AvgIpc) is 3.17. The van der Waals surface area contributed by atoms with Crippen LogP contribution in [0.5, 0.6) is 0 Å². The summed E-state index contributed by atoms with van der Waals surface area (Å²) in [5, 5.41) is 9.37. The van der Waals surface area contributed by atoms with E-state index in [1.54, 1.807) is 12.4 Å². The Hall–Kier alpha value is -2.73. The number of rotatable bonds is 5. The van der Waals surface area contributed by atoms with Crippen molar-refractivity contribution in [3.63, 3.8) is 0 Å². The van der Waals surface area contributed by atoms with Crippen molar-refractivity contribution in [3.8, 4) is 0 Å². The van der Waals surface area contributed by atoms with E-state index in [-0.39, 0.29) is 6.61 Å². The van der Waals surface area contributed by atoms with Crippen molar-refractivity contribution in [2.75, 3.05) is 18.0 Å². The molecule has 1 atom stereocenters. The molecule has 1 N–H and O–H groups in total. The number of pyridine rings is 2. The van der Waals surface area contributed by atoms with E-state index in [2.05, 4.69) is 30.5 Å². The summed E-state index contributed by atoms with van der Waals surface area (Å²) in [5.74, 6) is 2.43. The predicted molar refractivity (Wildman–Crippen MR) is 99.9 cm³/mol. The highest BCUT2D eigenvalue weighted by molar-refractivity contribution is 5.42. The number of aromatic nitrogens is 4. The zero-order valence-electron chi connectivity index (χ0n) is 14.7. The van der Waals surface area contributed by atoms with Gasteiger partial charge in [0.25, 0.3) is 0 Å². The molecule has 0 unspecified atom stereocenters. The normalized spacial score (nSPS) is 17.4. The molecule has 3 aromatic heterocycles. The van der Waals surface area contributed by atoms with Crippen molar-refractivity contribution < 1.29 is 5.11 Å². The molecule has 3 aromatic rings. The van der Waals surface area contributed by atoms with Crippen molar-refractivity contribution in [2.45, 2.75) is 31.9 Å². The molecule has 0 radical (unpaired) electrons. The second-order valence-electron chi connectivity index (χ2n) is 6.74. The van der Waals surface area contributed by atoms with E-state index in [4.69, 9.17) is 0 Å². The highest BCUT2D eigenvalue weighted by Crippen LogP contribution is 2.29. The van der Waals surface area contributed by atoms with Crippen LogP contribution in [0.25, 0.3) is 0 Å². The second-order valence-corrected chi connectivity index (χ2v) is 6.74. The quantitative estimate of drug-likeness (QED) is 0.767. The van der Waals surface area contributed by atoms with Crippen LogP contribution in [0.2, 0.25) is 0 Å². The maximum absolute atomic E-state index is 9.37. The second kappa shape index (κ2) is 7.66. The molecule has 1 aliphatic heterocycles. The molecule has 0 bridgehead atoms. The first-order chi connectivity index (χ1) is 12.8. The van der Waals surface area contributed by atoms with E-state index in [1.807, 2.05) is 36.8 Å². The van der Waals surface area contributed by atoms with Gasteiger partial charge in [-0.2, -0.15) is 0 Å². The lowest BCUT2D eigenvalue weighted by molar-refractivity contribution is 0.281. The number of imidazole rings is 1. The third-order valence-corrected chi connectivity index (χ3v) is 4.93. The Labute approximate surface area is 153 Å². The first-order valence-electron chi connectivity index (χ1n) is 9.04. The fraction of sp³-hybridized carbons (Fsp3) is 0.350. The monoisotopic (exact) mass is 349 g/mol. The van der Waals surface area contributed by atoms with Crippen LogP contribution in [0.4, 0.5) is 5.82 Å². The van der Waals surface area contributed by atoms with Crippen LogP contribution in [0, 0.1) is 0 Å². The number of aliphatic hydroxyl groups is 1. The van der Waals surface area contributed by atoms with E-state index < -0.39 is 0 Å². The van der Waals surface area contributed by atoms with E-state index in [9.17, 15) is 5.11 Å². The zero-order chi connectivity index (χ0) is 17.8. The fourth-order valence-electron chi connectivity index (χ4n) is 3.63. The zero-order valence-corrected chi connectivity index (χ0v) is 14.7. The minimum atomic E-state index is 0.0440. The highest BCUT2D eigenvalue weighted by atomic mass is 16.3. The first kappa shape index (κ1) is 16.7. The summed E-state index contributed by atoms with van der Waals surface area (Å²) in [7, 11) is 0. The van der Waals surface area contributed by atoms with Crippen LogP contribution in [0.3, 0.4) is 0 Å². The summed E-state index contributed by atoms with van der Waals surface area (Å²) in [6, 6.07) is 7.89. The molecule has 1 saturated heterocycles. The van der Waals surface area contributed by atoms with Gasteiger partial charge >= 0.3 is 0 Å². The Bertz CT molecular complexity index is 848. The number of piperidine rings is 1. The minimum Gasteiger partial charge on any atom is -0.392 e. The Morgan fingerprint density at radius 2 is 2.08 bits per heavy atom. The van der Waals surface area contributed by atoms with Gasteiger partial charge in [0.2, 0.25) is 0 Å². The number of hydrogen-bond donors (Lipinski definition) is 1. The molecule has 0 aliphatic carbocycles. The molecule has 26 heavy (non-hydrogen) atoms. The van der Waals surface area contributed by atoms with E-state index in [0.29, 0.717) is 5.92 Å². The van der Waals surface area contributed by atoms with Crippen molar-refractivity contribution >= 4 is 5.82 Å². The Kier molecular flexibility index (Phi) is 4.93. The van der Waals surface area contributed by atoms with Crippen molar-refractivity contribution in [2.24, 2.45) is 0 Å². The van der Waals surface area contributed by atoms with Gasteiger partial charge < -0.3 is 14.6 Å². The minimum absolute atomic E-state index is 0.0440. The molecular weight excluding hydrogens is 326 g/mol. The van der Waals surface area contributed by atoms with Gasteiger partial charge in [-0.3, -0.25) is 4.98 Å². The van der Waals surface area contributed by atoms with Crippen LogP contribution in [0.1, 0.15) is 35.7 Å². The lowest BCUT2D eigenvalue weighted by Gasteiger charge is -2.33. The summed E-state index contributed by atoms with van der Waals surface area (Å²) in [6.45, 7) is 2.72. The van der Waals surface area contributed by atoms with Gasteiger partial charge in [0.05, 0.1) is 13.2 Å². The molecule has 1 aliphatic rings. The van der Waals surface area contributed by atoms with Crippen molar-refractivity contribution in [1.29, 1.82) is 0 Å². The van der Waals surface area contributed by atoms with Gasteiger partial charge in [0.15, 0.2) is 0 Å². The maximum atomic E-state index is 9.37. The van der Waals surface area contributed by atoms with Gasteiger partial charge in [-0.05, 0) is 42.2 Å². The first-order valence-corrected chi connectivity index (χ1v) is 9.04. The van der Waals surface area contributed by atoms with Gasteiger partial charge in [-0.15, -0.1) is 0 Å². The van der Waals surface area contributed by atoms with Crippen LogP contribution in [-0.4, -0.2) is 37.7 Å². The van der Waals surface area contributed by atoms with Crippen LogP contribution < -0.4 is 4.90 Å². The molecule has 4 heterocycles. The maximum Gasteiger partial charge on any atom is 0.128 e. The third kappa shape index (κ3) is 3.60. The SMILES string of the molecule is OCc1ccnc(N2CCC[C@@H](c3nccn3Cc3cccnc3)C2)c1. The van der Waals surface area contributed by atoms with Gasteiger partial charge in [-0.25, -0.2) is 9.97 Å². The predicted octanol–water partition coefficient (Wildman–Crippen LogP) is 2.60. The van der Waals surface area contributed by atoms with Crippen molar-refractivity contribution in [1.82, 2.24) is 19.5 Å². The Morgan fingerprint density at radius 3 is 2.92 bits per heavy atom. The number of hydrogen-bond acceptors (Lipinski definition) is 5. The molecule has 0 spiro atoms. The highest BCUT2D eigenvalue weighted by Gasteiger charge is 2.25. The third-order valence-electron chi connectivity index (χ3n) is 4.93. The Balaban J connectivity index is 1.52. The number of nitrogens with zero attached hydrogens (tertiary/aromatic N) is 5. The lowest BCUT2D eigenvalue weighted by atomic mass is 9.97. The average molecular weight is 349 g/mol. The lowest BCUT2D eigenvalue weighted by Crippen LogP contribution is -2.36. The van der Waals surface area contributed by atoms with E-state index in [1.165, 1.54) is 5.56 Å². The largest absolute Gasteiger partial charge is 0.392 e. The molecule has 1 fully saturated rings. The van der Waals surface area contributed by atoms with Crippen LogP contribution in [-0.2, 0) is 13.2 Å². The fourth-order valence-corrected chi connectivity index (χ4v) is 3.63. The summed E-state index contributed by atoms with van der Waals surface area (Å²) in [5.41, 5.74) is 2.08. The molecule has 0 amide bonds.